The maximum atomic E-state index is 11.8. The summed E-state index contributed by atoms with van der Waals surface area (Å²) in [6, 6.07) is 9.02. The van der Waals surface area contributed by atoms with E-state index in [0.717, 1.165) is 25.9 Å². The first-order valence-corrected chi connectivity index (χ1v) is 7.18. The van der Waals surface area contributed by atoms with Crippen LogP contribution in [0.5, 0.6) is 0 Å². The highest BCUT2D eigenvalue weighted by Crippen LogP contribution is 2.13. The molecule has 5 nitrogen and oxygen atoms in total. The Morgan fingerprint density at radius 3 is 2.81 bits per heavy atom. The number of aliphatic hydroxyl groups is 1. The number of benzene rings is 1. The van der Waals surface area contributed by atoms with Gasteiger partial charge < -0.3 is 15.3 Å². The molecular formula is C16H23N3O2. The second kappa shape index (κ2) is 9.11. The van der Waals surface area contributed by atoms with Crippen LogP contribution in [0.1, 0.15) is 31.7 Å². The van der Waals surface area contributed by atoms with Gasteiger partial charge in [0, 0.05) is 13.0 Å². The minimum Gasteiger partial charge on any atom is -0.393 e. The Hall–Kier alpha value is -1.90. The lowest BCUT2D eigenvalue weighted by Gasteiger charge is -2.17. The van der Waals surface area contributed by atoms with E-state index in [1.807, 2.05) is 7.05 Å². The maximum absolute atomic E-state index is 11.8. The summed E-state index contributed by atoms with van der Waals surface area (Å²) in [7, 11) is 1.98. The maximum Gasteiger partial charge on any atom is 0.224 e. The molecule has 1 unspecified atom stereocenters. The molecule has 114 valence electrons. The molecule has 0 fully saturated rings. The number of para-hydroxylation sites is 1. The number of hydrogen-bond acceptors (Lipinski definition) is 4. The molecule has 0 saturated heterocycles. The zero-order valence-electron chi connectivity index (χ0n) is 12.7. The summed E-state index contributed by atoms with van der Waals surface area (Å²) in [5.41, 5.74) is 1.03. The van der Waals surface area contributed by atoms with Crippen LogP contribution in [0.2, 0.25) is 0 Å². The molecule has 1 rings (SSSR count). The number of rotatable bonds is 8. The van der Waals surface area contributed by atoms with Gasteiger partial charge in [-0.25, -0.2) is 0 Å². The van der Waals surface area contributed by atoms with Crippen LogP contribution in [0.3, 0.4) is 0 Å². The first-order chi connectivity index (χ1) is 10.0. The van der Waals surface area contributed by atoms with Gasteiger partial charge in [0.25, 0.3) is 0 Å². The molecule has 0 aliphatic heterocycles. The zero-order chi connectivity index (χ0) is 15.7. The topological polar surface area (TPSA) is 76.4 Å². The fourth-order valence-electron chi connectivity index (χ4n) is 1.93. The lowest BCUT2D eigenvalue weighted by Crippen LogP contribution is -2.24. The van der Waals surface area contributed by atoms with Crippen molar-refractivity contribution in [3.63, 3.8) is 0 Å². The number of aliphatic hydroxyl groups excluding tert-OH is 1. The van der Waals surface area contributed by atoms with Gasteiger partial charge in [-0.1, -0.05) is 12.1 Å². The first kappa shape index (κ1) is 17.2. The van der Waals surface area contributed by atoms with Crippen molar-refractivity contribution in [1.29, 1.82) is 5.26 Å². The van der Waals surface area contributed by atoms with Crippen molar-refractivity contribution in [1.82, 2.24) is 4.90 Å². The summed E-state index contributed by atoms with van der Waals surface area (Å²) in [6.45, 7) is 3.39. The van der Waals surface area contributed by atoms with Crippen molar-refractivity contribution in [2.24, 2.45) is 0 Å². The third kappa shape index (κ3) is 6.89. The van der Waals surface area contributed by atoms with Crippen LogP contribution >= 0.6 is 0 Å². The third-order valence-corrected chi connectivity index (χ3v) is 3.19. The van der Waals surface area contributed by atoms with Crippen molar-refractivity contribution in [3.05, 3.63) is 29.8 Å². The van der Waals surface area contributed by atoms with E-state index in [1.54, 1.807) is 31.2 Å². The van der Waals surface area contributed by atoms with E-state index < -0.39 is 0 Å². The minimum absolute atomic E-state index is 0.0818. The van der Waals surface area contributed by atoms with E-state index in [9.17, 15) is 9.90 Å². The van der Waals surface area contributed by atoms with Crippen LogP contribution in [-0.2, 0) is 4.79 Å². The Morgan fingerprint density at radius 1 is 1.43 bits per heavy atom. The molecule has 21 heavy (non-hydrogen) atoms. The average Bonchev–Trinajstić information content (AvgIpc) is 2.45. The van der Waals surface area contributed by atoms with E-state index in [-0.39, 0.29) is 12.0 Å². The van der Waals surface area contributed by atoms with Gasteiger partial charge in [0.2, 0.25) is 5.91 Å². The van der Waals surface area contributed by atoms with Crippen molar-refractivity contribution < 1.29 is 9.90 Å². The quantitative estimate of drug-likeness (QED) is 0.767. The summed E-state index contributed by atoms with van der Waals surface area (Å²) in [4.78, 5) is 13.9. The largest absolute Gasteiger partial charge is 0.393 e. The number of hydrogen-bond donors (Lipinski definition) is 2. The molecule has 2 N–H and O–H groups in total. The lowest BCUT2D eigenvalue weighted by atomic mass is 10.2. The van der Waals surface area contributed by atoms with Gasteiger partial charge in [-0.3, -0.25) is 4.79 Å². The van der Waals surface area contributed by atoms with Crippen molar-refractivity contribution in [2.75, 3.05) is 25.5 Å². The van der Waals surface area contributed by atoms with Crippen LogP contribution in [0.15, 0.2) is 24.3 Å². The number of carbonyl (C=O) groups is 1. The van der Waals surface area contributed by atoms with E-state index >= 15 is 0 Å². The van der Waals surface area contributed by atoms with Gasteiger partial charge >= 0.3 is 0 Å². The van der Waals surface area contributed by atoms with Gasteiger partial charge in [-0.05, 0) is 45.5 Å². The zero-order valence-corrected chi connectivity index (χ0v) is 12.7. The third-order valence-electron chi connectivity index (χ3n) is 3.19. The predicted octanol–water partition coefficient (Wildman–Crippen LogP) is 1.98. The van der Waals surface area contributed by atoms with E-state index in [2.05, 4.69) is 16.3 Å². The van der Waals surface area contributed by atoms with E-state index in [4.69, 9.17) is 5.26 Å². The molecule has 0 saturated carbocycles. The molecule has 0 aromatic heterocycles. The molecular weight excluding hydrogens is 266 g/mol. The van der Waals surface area contributed by atoms with Crippen LogP contribution in [-0.4, -0.2) is 42.2 Å². The Kier molecular flexibility index (Phi) is 7.44. The molecule has 1 amide bonds. The number of amides is 1. The number of nitriles is 1. The average molecular weight is 289 g/mol. The summed E-state index contributed by atoms with van der Waals surface area (Å²) in [5, 5.41) is 20.9. The molecule has 0 radical (unpaired) electrons. The van der Waals surface area contributed by atoms with Gasteiger partial charge in [0.15, 0.2) is 0 Å². The highest BCUT2D eigenvalue weighted by Gasteiger charge is 2.07. The van der Waals surface area contributed by atoms with Crippen LogP contribution in [0.25, 0.3) is 0 Å². The molecule has 0 aliphatic rings. The Morgan fingerprint density at radius 2 is 2.14 bits per heavy atom. The minimum atomic E-state index is -0.293. The fraction of sp³-hybridized carbons (Fsp3) is 0.500. The Labute approximate surface area is 126 Å². The Balaban J connectivity index is 2.30. The molecule has 5 heteroatoms. The van der Waals surface area contributed by atoms with Crippen molar-refractivity contribution in [3.8, 4) is 6.07 Å². The highest BCUT2D eigenvalue weighted by atomic mass is 16.3. The lowest BCUT2D eigenvalue weighted by molar-refractivity contribution is -0.116. The second-order valence-corrected chi connectivity index (χ2v) is 5.25. The fourth-order valence-corrected chi connectivity index (χ4v) is 1.93. The SMILES string of the molecule is CC(O)CCN(C)CCCC(=O)Nc1ccccc1C#N. The molecule has 1 aromatic rings. The molecule has 0 aliphatic carbocycles. The molecule has 0 bridgehead atoms. The van der Waals surface area contributed by atoms with Crippen LogP contribution < -0.4 is 5.32 Å². The summed E-state index contributed by atoms with van der Waals surface area (Å²) < 4.78 is 0. The molecule has 0 heterocycles. The monoisotopic (exact) mass is 289 g/mol. The number of nitrogens with zero attached hydrogens (tertiary/aromatic N) is 2. The van der Waals surface area contributed by atoms with Crippen molar-refractivity contribution >= 4 is 11.6 Å². The van der Waals surface area contributed by atoms with Gasteiger partial charge in [0.05, 0.1) is 17.4 Å². The molecule has 1 aromatic carbocycles. The van der Waals surface area contributed by atoms with Crippen molar-refractivity contribution in [2.45, 2.75) is 32.3 Å². The van der Waals surface area contributed by atoms with Gasteiger partial charge in [-0.2, -0.15) is 5.26 Å². The summed E-state index contributed by atoms with van der Waals surface area (Å²) >= 11 is 0. The molecule has 0 spiro atoms. The van der Waals surface area contributed by atoms with E-state index in [1.165, 1.54) is 0 Å². The van der Waals surface area contributed by atoms with Gasteiger partial charge in [0.1, 0.15) is 6.07 Å². The standard InChI is InChI=1S/C16H23N3O2/c1-13(20)9-11-19(2)10-5-8-16(21)18-15-7-4-3-6-14(15)12-17/h3-4,6-7,13,20H,5,8-11H2,1-2H3,(H,18,21). The smallest absolute Gasteiger partial charge is 0.224 e. The second-order valence-electron chi connectivity index (χ2n) is 5.25. The summed E-state index contributed by atoms with van der Waals surface area (Å²) in [6.07, 6.45) is 1.60. The molecule has 1 atom stereocenters. The normalized spacial score (nSPS) is 12.0. The van der Waals surface area contributed by atoms with E-state index in [0.29, 0.717) is 17.7 Å². The van der Waals surface area contributed by atoms with Gasteiger partial charge in [-0.15, -0.1) is 0 Å². The van der Waals surface area contributed by atoms with Crippen LogP contribution in [0.4, 0.5) is 5.69 Å². The highest BCUT2D eigenvalue weighted by molar-refractivity contribution is 5.92. The number of anilines is 1. The summed E-state index contributed by atoms with van der Waals surface area (Å²) in [5.74, 6) is -0.0818. The predicted molar refractivity (Wildman–Crippen MR) is 82.8 cm³/mol. The number of carbonyl (C=O) groups excluding carboxylic acids is 1. The van der Waals surface area contributed by atoms with Crippen LogP contribution in [0, 0.1) is 11.3 Å². The Bertz CT molecular complexity index is 495. The first-order valence-electron chi connectivity index (χ1n) is 7.18. The number of nitrogens with one attached hydrogen (secondary N) is 1.